The van der Waals surface area contributed by atoms with Gasteiger partial charge < -0.3 is 26.7 Å². The van der Waals surface area contributed by atoms with Crippen molar-refractivity contribution in [3.8, 4) is 0 Å². The van der Waals surface area contributed by atoms with Crippen molar-refractivity contribution in [1.82, 2.24) is 9.80 Å². The first-order valence-corrected chi connectivity index (χ1v) is 10.7. The van der Waals surface area contributed by atoms with Crippen LogP contribution in [0.2, 0.25) is 0 Å². The molecule has 8 nitrogen and oxygen atoms in total. The van der Waals surface area contributed by atoms with E-state index >= 15 is 0 Å². The number of carbonyl (C=O) groups is 1. The van der Waals surface area contributed by atoms with Crippen LogP contribution in [0.3, 0.4) is 0 Å². The average Bonchev–Trinajstić information content (AvgIpc) is 2.99. The Morgan fingerprint density at radius 1 is 1.39 bits per heavy atom. The van der Waals surface area contributed by atoms with Gasteiger partial charge in [-0.1, -0.05) is 12.7 Å². The standard InChI is InChI=1S/C23H33N7O/c1-3-20(31)30-13-9-23(10-14-30)7-5-17(6-8-23)21(26)22-18(29(2)12-4-11-24)15-19(25)27-16-28-22/h3-5,11-12,16,18,24H,1,6-10,13-15,26H2,2H3,(H2,25,27,28)/b12-4-,22-21-,24-11?/t18-/m0/s1. The molecule has 5 N–H and O–H groups in total. The van der Waals surface area contributed by atoms with E-state index in [1.807, 2.05) is 23.0 Å². The Morgan fingerprint density at radius 2 is 2.13 bits per heavy atom. The highest BCUT2D eigenvalue weighted by Crippen LogP contribution is 2.45. The van der Waals surface area contributed by atoms with Gasteiger partial charge in [-0.2, -0.15) is 0 Å². The molecule has 1 spiro atoms. The zero-order valence-electron chi connectivity index (χ0n) is 18.3. The molecule has 0 saturated carbocycles. The van der Waals surface area contributed by atoms with Gasteiger partial charge in [0.15, 0.2) is 0 Å². The van der Waals surface area contributed by atoms with Crippen LogP contribution in [0.4, 0.5) is 0 Å². The third-order valence-electron chi connectivity index (χ3n) is 6.69. The molecule has 0 unspecified atom stereocenters. The molecule has 3 rings (SSSR count). The van der Waals surface area contributed by atoms with Gasteiger partial charge in [-0.15, -0.1) is 0 Å². The predicted octanol–water partition coefficient (Wildman–Crippen LogP) is 2.31. The largest absolute Gasteiger partial charge is 0.397 e. The number of piperidine rings is 1. The Balaban J connectivity index is 1.78. The highest BCUT2D eigenvalue weighted by atomic mass is 16.2. The molecule has 1 aliphatic carbocycles. The molecule has 3 aliphatic rings. The van der Waals surface area contributed by atoms with Gasteiger partial charge in [0.05, 0.1) is 17.4 Å². The topological polar surface area (TPSA) is 124 Å². The lowest BCUT2D eigenvalue weighted by atomic mass is 9.68. The van der Waals surface area contributed by atoms with E-state index in [4.69, 9.17) is 16.9 Å². The van der Waals surface area contributed by atoms with Crippen LogP contribution in [0, 0.1) is 10.8 Å². The van der Waals surface area contributed by atoms with Gasteiger partial charge in [0, 0.05) is 39.0 Å². The summed E-state index contributed by atoms with van der Waals surface area (Å²) in [6, 6.07) is -0.149. The van der Waals surface area contributed by atoms with Crippen LogP contribution in [0.5, 0.6) is 0 Å². The zero-order chi connectivity index (χ0) is 22.4. The van der Waals surface area contributed by atoms with E-state index in [2.05, 4.69) is 22.6 Å². The van der Waals surface area contributed by atoms with Crippen molar-refractivity contribution >= 4 is 24.3 Å². The molecule has 2 heterocycles. The third-order valence-corrected chi connectivity index (χ3v) is 6.69. The van der Waals surface area contributed by atoms with Crippen molar-refractivity contribution in [1.29, 1.82) is 5.41 Å². The molecular weight excluding hydrogens is 390 g/mol. The fourth-order valence-corrected chi connectivity index (χ4v) is 4.60. The molecule has 166 valence electrons. The number of nitrogens with zero attached hydrogens (tertiary/aromatic N) is 4. The normalized spacial score (nSPS) is 24.9. The fraction of sp³-hybridized carbons (Fsp3) is 0.478. The number of aliphatic imine (C=N–C) groups is 2. The number of carbonyl (C=O) groups excluding carboxylic acids is 1. The summed E-state index contributed by atoms with van der Waals surface area (Å²) in [7, 11) is 1.93. The van der Waals surface area contributed by atoms with E-state index in [1.54, 1.807) is 6.08 Å². The number of likely N-dealkylation sites (N-methyl/N-ethyl adjacent to an activating group) is 1. The van der Waals surface area contributed by atoms with Crippen molar-refractivity contribution in [2.24, 2.45) is 26.9 Å². The Kier molecular flexibility index (Phi) is 7.09. The molecule has 1 fully saturated rings. The van der Waals surface area contributed by atoms with Crippen LogP contribution in [0.15, 0.2) is 58.0 Å². The summed E-state index contributed by atoms with van der Waals surface area (Å²) in [5.74, 6) is 0.528. The Labute approximate surface area is 184 Å². The van der Waals surface area contributed by atoms with Crippen LogP contribution >= 0.6 is 0 Å². The lowest BCUT2D eigenvalue weighted by Crippen LogP contribution is -2.43. The van der Waals surface area contributed by atoms with E-state index in [0.29, 0.717) is 18.0 Å². The second kappa shape index (κ2) is 9.76. The van der Waals surface area contributed by atoms with Crippen LogP contribution in [-0.2, 0) is 4.79 Å². The number of hydrogen-bond donors (Lipinski definition) is 3. The highest BCUT2D eigenvalue weighted by Gasteiger charge is 2.37. The summed E-state index contributed by atoms with van der Waals surface area (Å²) in [6.45, 7) is 5.17. The van der Waals surface area contributed by atoms with Gasteiger partial charge in [0.25, 0.3) is 0 Å². The van der Waals surface area contributed by atoms with E-state index in [1.165, 1.54) is 18.6 Å². The van der Waals surface area contributed by atoms with E-state index in [0.717, 1.165) is 56.5 Å². The molecule has 0 aromatic rings. The van der Waals surface area contributed by atoms with Gasteiger partial charge >= 0.3 is 0 Å². The first-order valence-electron chi connectivity index (χ1n) is 10.7. The number of hydrogen-bond acceptors (Lipinski definition) is 7. The van der Waals surface area contributed by atoms with Crippen LogP contribution in [-0.4, -0.2) is 60.3 Å². The molecule has 31 heavy (non-hydrogen) atoms. The second-order valence-electron chi connectivity index (χ2n) is 8.52. The summed E-state index contributed by atoms with van der Waals surface area (Å²) >= 11 is 0. The molecule has 0 aromatic carbocycles. The maximum absolute atomic E-state index is 11.9. The SMILES string of the molecule is C=CC(=O)N1CCC2(CC=C(/C(N)=C3/N=CN=C(N)C[C@@H]3N(C)/C=C\C=N)CC2)CC1. The molecule has 0 bridgehead atoms. The van der Waals surface area contributed by atoms with Gasteiger partial charge in [-0.3, -0.25) is 4.79 Å². The predicted molar refractivity (Wildman–Crippen MR) is 126 cm³/mol. The maximum Gasteiger partial charge on any atom is 0.245 e. The fourth-order valence-electron chi connectivity index (χ4n) is 4.60. The van der Waals surface area contributed by atoms with Crippen molar-refractivity contribution in [2.45, 2.75) is 44.6 Å². The van der Waals surface area contributed by atoms with Gasteiger partial charge in [-0.25, -0.2) is 9.98 Å². The van der Waals surface area contributed by atoms with Crippen LogP contribution in [0.1, 0.15) is 38.5 Å². The first kappa shape index (κ1) is 22.5. The maximum atomic E-state index is 11.9. The minimum atomic E-state index is -0.149. The van der Waals surface area contributed by atoms with E-state index in [-0.39, 0.29) is 17.4 Å². The number of likely N-dealkylation sites (tertiary alicyclic amines) is 1. The lowest BCUT2D eigenvalue weighted by molar-refractivity contribution is -0.128. The quantitative estimate of drug-likeness (QED) is 0.463. The Bertz CT molecular complexity index is 872. The molecule has 8 heteroatoms. The summed E-state index contributed by atoms with van der Waals surface area (Å²) < 4.78 is 0. The lowest BCUT2D eigenvalue weighted by Gasteiger charge is -2.43. The van der Waals surface area contributed by atoms with Crippen LogP contribution < -0.4 is 11.5 Å². The molecule has 1 atom stereocenters. The van der Waals surface area contributed by atoms with Gasteiger partial charge in [-0.05, 0) is 55.2 Å². The minimum absolute atomic E-state index is 0.0239. The smallest absolute Gasteiger partial charge is 0.245 e. The molecular formula is C23H33N7O. The minimum Gasteiger partial charge on any atom is -0.397 e. The third kappa shape index (κ3) is 5.13. The molecule has 0 aromatic heterocycles. The zero-order valence-corrected chi connectivity index (χ0v) is 18.3. The highest BCUT2D eigenvalue weighted by molar-refractivity contribution is 5.89. The number of nitrogens with one attached hydrogen (secondary N) is 1. The number of nitrogens with two attached hydrogens (primary N) is 2. The Hall–Kier alpha value is -3.16. The van der Waals surface area contributed by atoms with E-state index in [9.17, 15) is 4.79 Å². The number of amidine groups is 1. The molecule has 1 saturated heterocycles. The summed E-state index contributed by atoms with van der Waals surface area (Å²) in [5, 5.41) is 7.24. The molecule has 1 amide bonds. The van der Waals surface area contributed by atoms with Crippen LogP contribution in [0.25, 0.3) is 0 Å². The first-order chi connectivity index (χ1) is 14.9. The second-order valence-corrected chi connectivity index (χ2v) is 8.52. The van der Waals surface area contributed by atoms with Gasteiger partial charge in [0.2, 0.25) is 5.91 Å². The number of amides is 1. The number of rotatable bonds is 5. The molecule has 2 aliphatic heterocycles. The summed E-state index contributed by atoms with van der Waals surface area (Å²) in [4.78, 5) is 24.4. The molecule has 0 radical (unpaired) electrons. The van der Waals surface area contributed by atoms with Crippen molar-refractivity contribution < 1.29 is 4.79 Å². The summed E-state index contributed by atoms with van der Waals surface area (Å²) in [5.41, 5.74) is 15.5. The van der Waals surface area contributed by atoms with Gasteiger partial charge in [0.1, 0.15) is 12.2 Å². The van der Waals surface area contributed by atoms with Crippen molar-refractivity contribution in [3.63, 3.8) is 0 Å². The average molecular weight is 424 g/mol. The summed E-state index contributed by atoms with van der Waals surface area (Å²) in [6.07, 6.45) is 15.3. The Morgan fingerprint density at radius 3 is 2.74 bits per heavy atom. The van der Waals surface area contributed by atoms with Crippen molar-refractivity contribution in [3.05, 3.63) is 48.0 Å². The monoisotopic (exact) mass is 423 g/mol. The van der Waals surface area contributed by atoms with Crippen molar-refractivity contribution in [2.75, 3.05) is 20.1 Å². The van der Waals surface area contributed by atoms with E-state index < -0.39 is 0 Å². The number of allylic oxidation sites excluding steroid dienone is 3.